The third-order valence-corrected chi connectivity index (χ3v) is 5.38. The van der Waals surface area contributed by atoms with Crippen LogP contribution in [-0.4, -0.2) is 24.8 Å². The van der Waals surface area contributed by atoms with Gasteiger partial charge in [-0.1, -0.05) is 0 Å². The molecule has 2 aromatic rings. The number of esters is 1. The molecule has 1 aromatic carbocycles. The average Bonchev–Trinajstić information content (AvgIpc) is 3.14. The van der Waals surface area contributed by atoms with Crippen LogP contribution in [0, 0.1) is 0 Å². The van der Waals surface area contributed by atoms with Gasteiger partial charge in [0.1, 0.15) is 16.5 Å². The fourth-order valence-electron chi connectivity index (χ4n) is 2.95. The Bertz CT molecular complexity index is 754. The molecule has 0 unspecified atom stereocenters. The lowest BCUT2D eigenvalue weighted by Gasteiger charge is -2.11. The predicted octanol–water partition coefficient (Wildman–Crippen LogP) is 3.74. The summed E-state index contributed by atoms with van der Waals surface area (Å²) in [6.45, 7) is 2.58. The fraction of sp³-hybridized carbons (Fsp3) is 0.389. The van der Waals surface area contributed by atoms with Crippen molar-refractivity contribution in [1.82, 2.24) is 0 Å². The van der Waals surface area contributed by atoms with Crippen molar-refractivity contribution < 1.29 is 19.4 Å². The number of aromatic hydroxyl groups is 1. The molecule has 1 aliphatic carbocycles. The summed E-state index contributed by atoms with van der Waals surface area (Å²) in [5.41, 5.74) is 2.50. The van der Waals surface area contributed by atoms with Gasteiger partial charge in [0.2, 0.25) is 0 Å². The second-order valence-corrected chi connectivity index (χ2v) is 6.74. The van der Waals surface area contributed by atoms with E-state index in [4.69, 9.17) is 9.47 Å². The van der Waals surface area contributed by atoms with Crippen molar-refractivity contribution in [2.45, 2.75) is 32.7 Å². The maximum atomic E-state index is 12.3. The van der Waals surface area contributed by atoms with Gasteiger partial charge in [-0.2, -0.15) is 0 Å². The first-order chi connectivity index (χ1) is 11.6. The molecule has 2 N–H and O–H groups in total. The third-order valence-electron chi connectivity index (χ3n) is 4.13. The molecule has 1 heterocycles. The van der Waals surface area contributed by atoms with Crippen molar-refractivity contribution in [2.24, 2.45) is 0 Å². The van der Waals surface area contributed by atoms with Crippen molar-refractivity contribution in [3.63, 3.8) is 0 Å². The predicted molar refractivity (Wildman–Crippen MR) is 94.3 cm³/mol. The van der Waals surface area contributed by atoms with Gasteiger partial charge in [-0.05, 0) is 49.9 Å². The monoisotopic (exact) mass is 347 g/mol. The fourth-order valence-corrected chi connectivity index (χ4v) is 4.23. The Labute approximate surface area is 145 Å². The van der Waals surface area contributed by atoms with Crippen LogP contribution in [-0.2, 0) is 24.1 Å². The Balaban J connectivity index is 1.84. The molecule has 128 valence electrons. The summed E-state index contributed by atoms with van der Waals surface area (Å²) in [4.78, 5) is 13.6. The first-order valence-corrected chi connectivity index (χ1v) is 8.87. The highest BCUT2D eigenvalue weighted by Gasteiger charge is 2.27. The van der Waals surface area contributed by atoms with E-state index in [9.17, 15) is 9.90 Å². The number of carbonyl (C=O) groups is 1. The lowest BCUT2D eigenvalue weighted by atomic mass is 10.1. The molecule has 1 aromatic heterocycles. The molecule has 0 aliphatic heterocycles. The molecule has 1 aliphatic rings. The van der Waals surface area contributed by atoms with Gasteiger partial charge in [0.15, 0.2) is 0 Å². The number of fused-ring (bicyclic) bond motifs is 1. The van der Waals surface area contributed by atoms with E-state index >= 15 is 0 Å². The number of aryl methyl sites for hydroxylation is 1. The number of ether oxygens (including phenoxy) is 2. The minimum Gasteiger partial charge on any atom is -0.508 e. The van der Waals surface area contributed by atoms with E-state index in [0.29, 0.717) is 24.5 Å². The highest BCUT2D eigenvalue weighted by Crippen LogP contribution is 2.40. The van der Waals surface area contributed by atoms with E-state index in [1.54, 1.807) is 36.6 Å². The molecule has 0 amide bonds. The Morgan fingerprint density at radius 3 is 2.96 bits per heavy atom. The maximum Gasteiger partial charge on any atom is 0.341 e. The summed E-state index contributed by atoms with van der Waals surface area (Å²) in [5.74, 6) is 0.614. The van der Waals surface area contributed by atoms with Gasteiger partial charge in [0, 0.05) is 17.0 Å². The van der Waals surface area contributed by atoms with Gasteiger partial charge in [0.05, 0.1) is 19.3 Å². The van der Waals surface area contributed by atoms with Crippen molar-refractivity contribution >= 4 is 22.3 Å². The number of rotatable bonds is 6. The highest BCUT2D eigenvalue weighted by atomic mass is 32.1. The summed E-state index contributed by atoms with van der Waals surface area (Å²) in [6.07, 6.45) is 3.02. The number of anilines is 1. The van der Waals surface area contributed by atoms with E-state index < -0.39 is 0 Å². The summed E-state index contributed by atoms with van der Waals surface area (Å²) in [7, 11) is 1.59. The summed E-state index contributed by atoms with van der Waals surface area (Å²) < 4.78 is 10.4. The quantitative estimate of drug-likeness (QED) is 0.779. The van der Waals surface area contributed by atoms with E-state index in [0.717, 1.165) is 35.4 Å². The standard InChI is InChI=1S/C18H21NO4S/c1-3-23-18(21)16-13-5-4-6-15(13)24-17(16)19-10-11-9-12(22-2)7-8-14(11)20/h7-9,19-20H,3-6,10H2,1-2H3. The van der Waals surface area contributed by atoms with Gasteiger partial charge in [0.25, 0.3) is 0 Å². The second kappa shape index (κ2) is 7.13. The minimum absolute atomic E-state index is 0.199. The molecule has 6 heteroatoms. The third kappa shape index (κ3) is 3.19. The van der Waals surface area contributed by atoms with Crippen molar-refractivity contribution in [1.29, 1.82) is 0 Å². The van der Waals surface area contributed by atoms with Gasteiger partial charge in [-0.25, -0.2) is 4.79 Å². The number of hydrogen-bond donors (Lipinski definition) is 2. The maximum absolute atomic E-state index is 12.3. The number of benzene rings is 1. The van der Waals surface area contributed by atoms with Crippen LogP contribution in [0.2, 0.25) is 0 Å². The minimum atomic E-state index is -0.269. The topological polar surface area (TPSA) is 67.8 Å². The Morgan fingerprint density at radius 1 is 1.38 bits per heavy atom. The SMILES string of the molecule is CCOC(=O)c1c(NCc2cc(OC)ccc2O)sc2c1CCC2. The van der Waals surface area contributed by atoms with Crippen LogP contribution in [0.25, 0.3) is 0 Å². The van der Waals surface area contributed by atoms with Crippen LogP contribution >= 0.6 is 11.3 Å². The molecule has 0 saturated carbocycles. The van der Waals surface area contributed by atoms with E-state index in [-0.39, 0.29) is 11.7 Å². The lowest BCUT2D eigenvalue weighted by Crippen LogP contribution is -2.10. The van der Waals surface area contributed by atoms with Gasteiger partial charge in [-0.3, -0.25) is 0 Å². The Hall–Kier alpha value is -2.21. The molecule has 5 nitrogen and oxygen atoms in total. The van der Waals surface area contributed by atoms with Gasteiger partial charge in [-0.15, -0.1) is 11.3 Å². The van der Waals surface area contributed by atoms with Crippen molar-refractivity contribution in [3.05, 3.63) is 39.8 Å². The second-order valence-electron chi connectivity index (χ2n) is 5.63. The smallest absolute Gasteiger partial charge is 0.341 e. The number of carbonyl (C=O) groups excluding carboxylic acids is 1. The number of thiophene rings is 1. The van der Waals surface area contributed by atoms with Crippen molar-refractivity contribution in [3.8, 4) is 11.5 Å². The highest BCUT2D eigenvalue weighted by molar-refractivity contribution is 7.16. The lowest BCUT2D eigenvalue weighted by molar-refractivity contribution is 0.0527. The van der Waals surface area contributed by atoms with E-state index in [2.05, 4.69) is 5.32 Å². The zero-order valence-electron chi connectivity index (χ0n) is 13.8. The summed E-state index contributed by atoms with van der Waals surface area (Å²) in [5, 5.41) is 14.1. The number of phenolic OH excluding ortho intramolecular Hbond substituents is 1. The average molecular weight is 347 g/mol. The Kier molecular flexibility index (Phi) is 4.94. The van der Waals surface area contributed by atoms with Gasteiger partial charge >= 0.3 is 5.97 Å². The largest absolute Gasteiger partial charge is 0.508 e. The van der Waals surface area contributed by atoms with Crippen LogP contribution < -0.4 is 10.1 Å². The summed E-state index contributed by atoms with van der Waals surface area (Å²) in [6, 6.07) is 5.10. The number of methoxy groups -OCH3 is 1. The summed E-state index contributed by atoms with van der Waals surface area (Å²) >= 11 is 1.61. The molecule has 0 atom stereocenters. The molecule has 0 radical (unpaired) electrons. The van der Waals surface area contributed by atoms with E-state index in [1.165, 1.54) is 4.88 Å². The van der Waals surface area contributed by atoms with Crippen LogP contribution in [0.3, 0.4) is 0 Å². The zero-order valence-corrected chi connectivity index (χ0v) is 14.7. The first-order valence-electron chi connectivity index (χ1n) is 8.05. The number of nitrogens with one attached hydrogen (secondary N) is 1. The Morgan fingerprint density at radius 2 is 2.21 bits per heavy atom. The molecular weight excluding hydrogens is 326 g/mol. The number of hydrogen-bond acceptors (Lipinski definition) is 6. The number of phenols is 1. The van der Waals surface area contributed by atoms with Crippen LogP contribution in [0.5, 0.6) is 11.5 Å². The molecule has 24 heavy (non-hydrogen) atoms. The molecule has 0 bridgehead atoms. The normalized spacial score (nSPS) is 12.8. The van der Waals surface area contributed by atoms with E-state index in [1.807, 2.05) is 6.92 Å². The molecule has 3 rings (SSSR count). The van der Waals surface area contributed by atoms with Crippen LogP contribution in [0.1, 0.15) is 39.7 Å². The van der Waals surface area contributed by atoms with Crippen LogP contribution in [0.15, 0.2) is 18.2 Å². The van der Waals surface area contributed by atoms with Crippen molar-refractivity contribution in [2.75, 3.05) is 19.0 Å². The molecule has 0 spiro atoms. The molecule has 0 saturated heterocycles. The first kappa shape index (κ1) is 16.6. The molecule has 0 fully saturated rings. The van der Waals surface area contributed by atoms with Crippen LogP contribution in [0.4, 0.5) is 5.00 Å². The van der Waals surface area contributed by atoms with Gasteiger partial charge < -0.3 is 19.9 Å². The zero-order chi connectivity index (χ0) is 17.1. The molecular formula is C18H21NO4S.